The van der Waals surface area contributed by atoms with Crippen molar-refractivity contribution in [2.75, 3.05) is 5.32 Å². The molecule has 0 amide bonds. The molecular weight excluding hydrogens is 318 g/mol. The third kappa shape index (κ3) is 2.32. The molecule has 2 aromatic heterocycles. The number of oxazole rings is 1. The lowest BCUT2D eigenvalue weighted by Crippen LogP contribution is -1.88. The van der Waals surface area contributed by atoms with Crippen molar-refractivity contribution >= 4 is 55.4 Å². The fourth-order valence-electron chi connectivity index (χ4n) is 2.48. The molecular formula is C16H12ClN3OS. The van der Waals surface area contributed by atoms with Crippen molar-refractivity contribution in [3.8, 4) is 0 Å². The molecule has 22 heavy (non-hydrogen) atoms. The van der Waals surface area contributed by atoms with Gasteiger partial charge in [0.2, 0.25) is 0 Å². The zero-order valence-electron chi connectivity index (χ0n) is 12.0. The highest BCUT2D eigenvalue weighted by Gasteiger charge is 2.11. The smallest absolute Gasteiger partial charge is 0.302 e. The largest absolute Gasteiger partial charge is 0.423 e. The van der Waals surface area contributed by atoms with Gasteiger partial charge in [0.25, 0.3) is 0 Å². The van der Waals surface area contributed by atoms with Crippen molar-refractivity contribution in [3.05, 3.63) is 46.5 Å². The maximum Gasteiger partial charge on any atom is 0.302 e. The predicted molar refractivity (Wildman–Crippen MR) is 91.4 cm³/mol. The van der Waals surface area contributed by atoms with Gasteiger partial charge in [-0.2, -0.15) is 4.98 Å². The Balaban J connectivity index is 1.74. The highest BCUT2D eigenvalue weighted by Crippen LogP contribution is 2.31. The van der Waals surface area contributed by atoms with Crippen LogP contribution in [0.1, 0.15) is 11.1 Å². The highest BCUT2D eigenvalue weighted by molar-refractivity contribution is 7.22. The van der Waals surface area contributed by atoms with Gasteiger partial charge in [-0.3, -0.25) is 5.32 Å². The van der Waals surface area contributed by atoms with Gasteiger partial charge in [-0.25, -0.2) is 4.98 Å². The Morgan fingerprint density at radius 3 is 2.82 bits per heavy atom. The Morgan fingerprint density at radius 1 is 1.09 bits per heavy atom. The molecule has 0 fully saturated rings. The summed E-state index contributed by atoms with van der Waals surface area (Å²) in [6, 6.07) is 10.2. The lowest BCUT2D eigenvalue weighted by molar-refractivity contribution is 0.620. The van der Waals surface area contributed by atoms with E-state index in [0.717, 1.165) is 32.0 Å². The van der Waals surface area contributed by atoms with Crippen LogP contribution in [-0.2, 0) is 0 Å². The van der Waals surface area contributed by atoms with Crippen molar-refractivity contribution in [1.29, 1.82) is 0 Å². The normalized spacial score (nSPS) is 11.4. The van der Waals surface area contributed by atoms with Crippen molar-refractivity contribution in [1.82, 2.24) is 9.97 Å². The van der Waals surface area contributed by atoms with Crippen LogP contribution in [0.15, 0.2) is 34.7 Å². The zero-order chi connectivity index (χ0) is 15.3. The molecule has 6 heteroatoms. The summed E-state index contributed by atoms with van der Waals surface area (Å²) in [6.07, 6.45) is 0. The van der Waals surface area contributed by atoms with E-state index in [1.165, 1.54) is 16.9 Å². The lowest BCUT2D eigenvalue weighted by atomic mass is 10.1. The van der Waals surface area contributed by atoms with Crippen LogP contribution < -0.4 is 5.32 Å². The molecule has 0 spiro atoms. The summed E-state index contributed by atoms with van der Waals surface area (Å²) in [4.78, 5) is 8.98. The van der Waals surface area contributed by atoms with Crippen LogP contribution in [0, 0.1) is 13.8 Å². The van der Waals surface area contributed by atoms with Gasteiger partial charge < -0.3 is 4.42 Å². The second-order valence-corrected chi connectivity index (χ2v) is 6.67. The van der Waals surface area contributed by atoms with E-state index in [2.05, 4.69) is 21.4 Å². The van der Waals surface area contributed by atoms with E-state index in [-0.39, 0.29) is 0 Å². The number of hydrogen-bond donors (Lipinski definition) is 1. The molecule has 0 saturated carbocycles. The number of aromatic nitrogens is 2. The first-order valence-electron chi connectivity index (χ1n) is 6.79. The lowest BCUT2D eigenvalue weighted by Gasteiger charge is -1.95. The minimum absolute atomic E-state index is 0.453. The Kier molecular flexibility index (Phi) is 3.06. The summed E-state index contributed by atoms with van der Waals surface area (Å²) in [5, 5.41) is 4.55. The molecule has 0 atom stereocenters. The van der Waals surface area contributed by atoms with Crippen LogP contribution in [-0.4, -0.2) is 9.97 Å². The average molecular weight is 330 g/mol. The summed E-state index contributed by atoms with van der Waals surface area (Å²) in [7, 11) is 0. The summed E-state index contributed by atoms with van der Waals surface area (Å²) < 4.78 is 6.86. The van der Waals surface area contributed by atoms with E-state index in [9.17, 15) is 0 Å². The second-order valence-electron chi connectivity index (χ2n) is 5.21. The molecule has 0 aliphatic heterocycles. The van der Waals surface area contributed by atoms with Crippen LogP contribution in [0.5, 0.6) is 0 Å². The standard InChI is InChI=1S/C16H12ClN3OS/c1-8-5-9(2)14-12(6-8)18-15(21-14)20-16-19-11-7-10(17)3-4-13(11)22-16/h3-7H,1-2H3,(H,18,19,20). The third-order valence-corrected chi connectivity index (χ3v) is 4.57. The SMILES string of the molecule is Cc1cc(C)c2oc(Nc3nc4cc(Cl)ccc4s3)nc2c1. The Labute approximate surface area is 135 Å². The fraction of sp³-hybridized carbons (Fsp3) is 0.125. The third-order valence-electron chi connectivity index (χ3n) is 3.38. The number of thiazole rings is 1. The number of nitrogens with zero attached hydrogens (tertiary/aromatic N) is 2. The molecule has 2 heterocycles. The summed E-state index contributed by atoms with van der Waals surface area (Å²) in [5.74, 6) is 0. The Morgan fingerprint density at radius 2 is 1.95 bits per heavy atom. The van der Waals surface area contributed by atoms with E-state index in [1.54, 1.807) is 0 Å². The molecule has 110 valence electrons. The van der Waals surface area contributed by atoms with E-state index >= 15 is 0 Å². The van der Waals surface area contributed by atoms with Crippen molar-refractivity contribution in [2.45, 2.75) is 13.8 Å². The number of fused-ring (bicyclic) bond motifs is 2. The first-order valence-corrected chi connectivity index (χ1v) is 7.99. The molecule has 0 radical (unpaired) electrons. The number of rotatable bonds is 2. The minimum atomic E-state index is 0.453. The van der Waals surface area contributed by atoms with Crippen molar-refractivity contribution in [3.63, 3.8) is 0 Å². The number of benzene rings is 2. The van der Waals surface area contributed by atoms with Crippen LogP contribution in [0.2, 0.25) is 5.02 Å². The van der Waals surface area contributed by atoms with Crippen LogP contribution in [0.4, 0.5) is 11.1 Å². The van der Waals surface area contributed by atoms with Crippen LogP contribution >= 0.6 is 22.9 Å². The number of anilines is 2. The maximum absolute atomic E-state index is 5.99. The van der Waals surface area contributed by atoms with Crippen molar-refractivity contribution < 1.29 is 4.42 Å². The van der Waals surface area contributed by atoms with E-state index in [0.29, 0.717) is 11.0 Å². The Hall–Kier alpha value is -2.11. The zero-order valence-corrected chi connectivity index (χ0v) is 13.5. The Bertz CT molecular complexity index is 1010. The minimum Gasteiger partial charge on any atom is -0.423 e. The molecule has 0 aliphatic carbocycles. The van der Waals surface area contributed by atoms with Gasteiger partial charge in [0.1, 0.15) is 5.52 Å². The van der Waals surface area contributed by atoms with Gasteiger partial charge in [0.05, 0.1) is 10.2 Å². The predicted octanol–water partition coefficient (Wildman–Crippen LogP) is 5.45. The van der Waals surface area contributed by atoms with E-state index in [1.807, 2.05) is 38.1 Å². The number of hydrogen-bond acceptors (Lipinski definition) is 5. The quantitative estimate of drug-likeness (QED) is 0.531. The summed E-state index contributed by atoms with van der Waals surface area (Å²) in [5.41, 5.74) is 4.76. The highest BCUT2D eigenvalue weighted by atomic mass is 35.5. The molecule has 2 aromatic carbocycles. The van der Waals surface area contributed by atoms with Crippen LogP contribution in [0.25, 0.3) is 21.3 Å². The molecule has 0 saturated heterocycles. The van der Waals surface area contributed by atoms with Gasteiger partial charge in [-0.1, -0.05) is 29.0 Å². The molecule has 4 rings (SSSR count). The number of halogens is 1. The number of aryl methyl sites for hydroxylation is 2. The first-order chi connectivity index (χ1) is 10.6. The fourth-order valence-corrected chi connectivity index (χ4v) is 3.48. The van der Waals surface area contributed by atoms with Crippen molar-refractivity contribution in [2.24, 2.45) is 0 Å². The molecule has 0 aliphatic rings. The molecule has 0 unspecified atom stereocenters. The van der Waals surface area contributed by atoms with Gasteiger partial charge in [-0.15, -0.1) is 0 Å². The summed E-state index contributed by atoms with van der Waals surface area (Å²) >= 11 is 7.52. The van der Waals surface area contributed by atoms with E-state index < -0.39 is 0 Å². The molecule has 0 bridgehead atoms. The monoisotopic (exact) mass is 329 g/mol. The van der Waals surface area contributed by atoms with E-state index in [4.69, 9.17) is 16.0 Å². The van der Waals surface area contributed by atoms with Gasteiger partial charge in [-0.05, 0) is 49.2 Å². The average Bonchev–Trinajstić information content (AvgIpc) is 3.01. The molecule has 4 aromatic rings. The van der Waals surface area contributed by atoms with Crippen LogP contribution in [0.3, 0.4) is 0 Å². The number of nitrogens with one attached hydrogen (secondary N) is 1. The molecule has 1 N–H and O–H groups in total. The van der Waals surface area contributed by atoms with Gasteiger partial charge in [0.15, 0.2) is 10.7 Å². The van der Waals surface area contributed by atoms with Gasteiger partial charge in [0, 0.05) is 5.02 Å². The second kappa shape index (κ2) is 4.97. The summed E-state index contributed by atoms with van der Waals surface area (Å²) in [6.45, 7) is 4.06. The molecule has 4 nitrogen and oxygen atoms in total. The topological polar surface area (TPSA) is 51.0 Å². The van der Waals surface area contributed by atoms with Gasteiger partial charge >= 0.3 is 6.01 Å². The maximum atomic E-state index is 5.99. The first kappa shape index (κ1) is 13.5.